The maximum absolute atomic E-state index is 8.70. The Bertz CT molecular complexity index is 83.4. The van der Waals surface area contributed by atoms with Crippen LogP contribution in [0.15, 0.2) is 0 Å². The number of rotatable bonds is 0. The second kappa shape index (κ2) is 9.13. The smallest absolute Gasteiger partial charge is 0.214 e. The number of nitriles is 1. The van der Waals surface area contributed by atoms with Gasteiger partial charge in [-0.15, -0.1) is 9.79 Å². The summed E-state index contributed by atoms with van der Waals surface area (Å²) in [5, 5.41) is 7.10. The van der Waals surface area contributed by atoms with Crippen molar-refractivity contribution >= 4 is 16.1 Å². The molecule has 36 valence electrons. The standard InChI is InChI=1S/CBN.HO3P/c2-1-3;1-4(2)3/h;(H-,1,2,3)/p+1. The fourth-order valence-corrected chi connectivity index (χ4v) is 0. The zero-order chi connectivity index (χ0) is 6.28. The molecule has 7 heavy (non-hydrogen) atoms. The van der Waals surface area contributed by atoms with Crippen LogP contribution in [0.4, 0.5) is 0 Å². The molecule has 0 fully saturated rings. The first kappa shape index (κ1) is 9.76. The highest BCUT2D eigenvalue weighted by atomic mass is 31.1. The first-order valence-electron chi connectivity index (χ1n) is 1.09. The second-order valence-corrected chi connectivity index (χ2v) is 0.887. The van der Waals surface area contributed by atoms with Crippen molar-refractivity contribution in [2.45, 2.75) is 0 Å². The Labute approximate surface area is 42.8 Å². The molecule has 0 bridgehead atoms. The topological polar surface area (TPSA) is 81.3 Å². The SMILES string of the molecule is O=[P+](O)O.[B]C#N. The van der Waals surface area contributed by atoms with Crippen LogP contribution in [0, 0.1) is 11.2 Å². The number of nitrogens with zero attached hydrogens (tertiary/aromatic N) is 1. The average Bonchev–Trinajstić information content (AvgIpc) is 1.33. The quantitative estimate of drug-likeness (QED) is 0.324. The van der Waals surface area contributed by atoms with Crippen molar-refractivity contribution in [3.8, 4) is 5.97 Å². The highest BCUT2D eigenvalue weighted by molar-refractivity contribution is 7.30. The third-order valence-corrected chi connectivity index (χ3v) is 0. The molecule has 0 heterocycles. The van der Waals surface area contributed by atoms with Crippen molar-refractivity contribution in [2.24, 2.45) is 0 Å². The third-order valence-electron chi connectivity index (χ3n) is 0. The molecule has 0 aromatic rings. The Kier molecular flexibility index (Phi) is 12.7. The molecule has 0 saturated carbocycles. The van der Waals surface area contributed by atoms with E-state index in [0.29, 0.717) is 0 Å². The van der Waals surface area contributed by atoms with Crippen molar-refractivity contribution in [1.82, 2.24) is 0 Å². The fourth-order valence-electron chi connectivity index (χ4n) is 0. The van der Waals surface area contributed by atoms with E-state index < -0.39 is 8.25 Å². The van der Waals surface area contributed by atoms with Crippen molar-refractivity contribution in [3.05, 3.63) is 0 Å². The zero-order valence-electron chi connectivity index (χ0n) is 3.27. The van der Waals surface area contributed by atoms with Crippen LogP contribution in [0.3, 0.4) is 0 Å². The van der Waals surface area contributed by atoms with Gasteiger partial charge in [-0.3, -0.25) is 0 Å². The molecule has 6 heteroatoms. The van der Waals surface area contributed by atoms with Crippen LogP contribution in [-0.4, -0.2) is 17.6 Å². The van der Waals surface area contributed by atoms with Gasteiger partial charge < -0.3 is 0 Å². The Hall–Kier alpha value is -0.425. The fraction of sp³-hybridized carbons (Fsp3) is 0. The van der Waals surface area contributed by atoms with Crippen LogP contribution in [0.1, 0.15) is 0 Å². The van der Waals surface area contributed by atoms with E-state index in [1.165, 1.54) is 5.97 Å². The van der Waals surface area contributed by atoms with Crippen LogP contribution in [-0.2, 0) is 4.57 Å². The molecule has 0 aromatic heterocycles. The van der Waals surface area contributed by atoms with Gasteiger partial charge in [-0.05, 0) is 5.97 Å². The zero-order valence-corrected chi connectivity index (χ0v) is 4.17. The summed E-state index contributed by atoms with van der Waals surface area (Å²) in [5.74, 6) is 1.25. The first-order valence-corrected chi connectivity index (χ1v) is 2.26. The van der Waals surface area contributed by atoms with Crippen LogP contribution < -0.4 is 0 Å². The van der Waals surface area contributed by atoms with E-state index in [9.17, 15) is 0 Å². The summed E-state index contributed by atoms with van der Waals surface area (Å²) in [4.78, 5) is 14.2. The highest BCUT2D eigenvalue weighted by Gasteiger charge is 1.93. The van der Waals surface area contributed by atoms with Crippen molar-refractivity contribution < 1.29 is 14.4 Å². The van der Waals surface area contributed by atoms with E-state index in [1.807, 2.05) is 0 Å². The highest BCUT2D eigenvalue weighted by Crippen LogP contribution is 1.98. The molecule has 0 aliphatic rings. The minimum atomic E-state index is -2.87. The molecule has 2 N–H and O–H groups in total. The predicted octanol–water partition coefficient (Wildman–Crippen LogP) is -0.736. The van der Waals surface area contributed by atoms with Gasteiger partial charge in [-0.1, -0.05) is 0 Å². The summed E-state index contributed by atoms with van der Waals surface area (Å²) >= 11 is 0. The van der Waals surface area contributed by atoms with Gasteiger partial charge in [0.1, 0.15) is 0 Å². The molecule has 4 nitrogen and oxygen atoms in total. The van der Waals surface area contributed by atoms with Crippen LogP contribution in [0.5, 0.6) is 0 Å². The Morgan fingerprint density at radius 3 is 1.71 bits per heavy atom. The third kappa shape index (κ3) is 394. The summed E-state index contributed by atoms with van der Waals surface area (Å²) in [6.45, 7) is 0. The normalized spacial score (nSPS) is 4.71. The number of hydrogen-bond donors (Lipinski definition) is 2. The minimum absolute atomic E-state index is 1.25. The molecular weight excluding hydrogens is 116 g/mol. The van der Waals surface area contributed by atoms with Gasteiger partial charge in [0.25, 0.3) is 0 Å². The molecule has 0 atom stereocenters. The Morgan fingerprint density at radius 1 is 1.71 bits per heavy atom. The van der Waals surface area contributed by atoms with E-state index in [0.717, 1.165) is 0 Å². The molecule has 0 aromatic carbocycles. The van der Waals surface area contributed by atoms with Crippen molar-refractivity contribution in [2.75, 3.05) is 0 Å². The lowest BCUT2D eigenvalue weighted by Gasteiger charge is -1.34. The summed E-state index contributed by atoms with van der Waals surface area (Å²) < 4.78 is 8.70. The predicted molar refractivity (Wildman–Crippen MR) is 23.4 cm³/mol. The lowest BCUT2D eigenvalue weighted by Crippen LogP contribution is -1.38. The maximum atomic E-state index is 8.70. The molecular formula is CH2BNO3P+. The van der Waals surface area contributed by atoms with E-state index >= 15 is 0 Å². The first-order chi connectivity index (χ1) is 3.15. The largest absolute Gasteiger partial charge is 0.692 e. The molecule has 0 spiro atoms. The van der Waals surface area contributed by atoms with E-state index in [1.54, 1.807) is 0 Å². The summed E-state index contributed by atoms with van der Waals surface area (Å²) in [5.41, 5.74) is 0. The molecule has 0 amide bonds. The molecule has 0 aliphatic heterocycles. The van der Waals surface area contributed by atoms with Gasteiger partial charge in [0.15, 0.2) is 0 Å². The minimum Gasteiger partial charge on any atom is -0.214 e. The van der Waals surface area contributed by atoms with Gasteiger partial charge in [-0.2, -0.15) is 0 Å². The van der Waals surface area contributed by atoms with Crippen molar-refractivity contribution in [1.29, 1.82) is 5.26 Å². The molecule has 0 saturated heterocycles. The van der Waals surface area contributed by atoms with Crippen LogP contribution >= 0.6 is 8.25 Å². The summed E-state index contributed by atoms with van der Waals surface area (Å²) in [6.07, 6.45) is 0. The van der Waals surface area contributed by atoms with E-state index in [-0.39, 0.29) is 0 Å². The molecule has 2 radical (unpaired) electrons. The Morgan fingerprint density at radius 2 is 1.71 bits per heavy atom. The van der Waals surface area contributed by atoms with Gasteiger partial charge in [0.2, 0.25) is 7.85 Å². The van der Waals surface area contributed by atoms with Gasteiger partial charge in [0, 0.05) is 4.57 Å². The lowest BCUT2D eigenvalue weighted by molar-refractivity contribution is 0.405. The molecule has 0 rings (SSSR count). The average molecular weight is 118 g/mol. The summed E-state index contributed by atoms with van der Waals surface area (Å²) in [7, 11) is 1.28. The molecule has 0 unspecified atom stereocenters. The molecule has 0 aliphatic carbocycles. The van der Waals surface area contributed by atoms with Gasteiger partial charge in [-0.25, -0.2) is 5.26 Å². The van der Waals surface area contributed by atoms with Gasteiger partial charge in [0.05, 0.1) is 0 Å². The van der Waals surface area contributed by atoms with E-state index in [4.69, 9.17) is 19.6 Å². The van der Waals surface area contributed by atoms with Crippen LogP contribution in [0.25, 0.3) is 0 Å². The number of hydrogen-bond acceptors (Lipinski definition) is 2. The second-order valence-electron chi connectivity index (χ2n) is 0.382. The van der Waals surface area contributed by atoms with Gasteiger partial charge >= 0.3 is 8.25 Å². The lowest BCUT2D eigenvalue weighted by atomic mass is 10.2. The maximum Gasteiger partial charge on any atom is 0.692 e. The monoisotopic (exact) mass is 118 g/mol. The Balaban J connectivity index is 0. The van der Waals surface area contributed by atoms with E-state index in [2.05, 4.69) is 7.85 Å². The summed E-state index contributed by atoms with van der Waals surface area (Å²) in [6, 6.07) is 0. The van der Waals surface area contributed by atoms with Crippen molar-refractivity contribution in [3.63, 3.8) is 0 Å². The van der Waals surface area contributed by atoms with Crippen LogP contribution in [0.2, 0.25) is 0 Å².